The molecular weight excluding hydrogens is 523 g/mol. The molecule has 4 aromatic carbocycles. The van der Waals surface area contributed by atoms with E-state index in [4.69, 9.17) is 14.2 Å². The highest BCUT2D eigenvalue weighted by Gasteiger charge is 2.20. The van der Waals surface area contributed by atoms with Gasteiger partial charge in [0.05, 0.1) is 32.7 Å². The fourth-order valence-corrected chi connectivity index (χ4v) is 4.65. The molecule has 0 aliphatic carbocycles. The highest BCUT2D eigenvalue weighted by atomic mass is 19.1. The van der Waals surface area contributed by atoms with Crippen molar-refractivity contribution < 1.29 is 23.4 Å². The number of nitrogens with one attached hydrogen (secondary N) is 1. The number of carbonyl (C=O) groups excluding carboxylic acids is 1. The summed E-state index contributed by atoms with van der Waals surface area (Å²) in [6.45, 7) is 0. The van der Waals surface area contributed by atoms with Crippen LogP contribution in [0.15, 0.2) is 102 Å². The van der Waals surface area contributed by atoms with Gasteiger partial charge in [-0.05, 0) is 59.2 Å². The van der Waals surface area contributed by atoms with E-state index < -0.39 is 5.69 Å². The van der Waals surface area contributed by atoms with Gasteiger partial charge in [0.25, 0.3) is 0 Å². The summed E-state index contributed by atoms with van der Waals surface area (Å²) in [7, 11) is 4.54. The number of aromatic amines is 1. The molecule has 0 saturated heterocycles. The molecule has 206 valence electrons. The van der Waals surface area contributed by atoms with Crippen LogP contribution < -0.4 is 19.9 Å². The van der Waals surface area contributed by atoms with Gasteiger partial charge in [-0.15, -0.1) is 0 Å². The summed E-state index contributed by atoms with van der Waals surface area (Å²) in [6.07, 6.45) is 4.79. The smallest absolute Gasteiger partial charge is 0.330 e. The summed E-state index contributed by atoms with van der Waals surface area (Å²) in [5.74, 6) is 0.625. The zero-order chi connectivity index (χ0) is 28.9. The number of nitrogens with zero attached hydrogens (tertiary/aromatic N) is 1. The van der Waals surface area contributed by atoms with Gasteiger partial charge >= 0.3 is 5.69 Å². The molecule has 0 unspecified atom stereocenters. The summed E-state index contributed by atoms with van der Waals surface area (Å²) in [5, 5.41) is 0. The van der Waals surface area contributed by atoms with Crippen molar-refractivity contribution in [1.82, 2.24) is 9.55 Å². The fourth-order valence-electron chi connectivity index (χ4n) is 4.65. The molecule has 1 heterocycles. The Morgan fingerprint density at radius 3 is 2.15 bits per heavy atom. The lowest BCUT2D eigenvalue weighted by atomic mass is 9.95. The molecule has 0 radical (unpaired) electrons. The van der Waals surface area contributed by atoms with E-state index in [1.165, 1.54) is 44.1 Å². The molecule has 1 N–H and O–H groups in total. The van der Waals surface area contributed by atoms with Crippen LogP contribution in [0.5, 0.6) is 17.2 Å². The number of carbonyl (C=O) groups is 1. The van der Waals surface area contributed by atoms with E-state index in [0.29, 0.717) is 50.9 Å². The molecule has 0 aliphatic rings. The van der Waals surface area contributed by atoms with Gasteiger partial charge < -0.3 is 19.2 Å². The van der Waals surface area contributed by atoms with Crippen molar-refractivity contribution in [3.8, 4) is 45.3 Å². The van der Waals surface area contributed by atoms with Crippen LogP contribution in [0.25, 0.3) is 34.1 Å². The van der Waals surface area contributed by atoms with Crippen molar-refractivity contribution in [2.75, 3.05) is 21.3 Å². The number of benzene rings is 4. The summed E-state index contributed by atoms with van der Waals surface area (Å²) >= 11 is 0. The van der Waals surface area contributed by atoms with E-state index >= 15 is 0 Å². The zero-order valence-corrected chi connectivity index (χ0v) is 22.7. The minimum absolute atomic E-state index is 0.270. The maximum absolute atomic E-state index is 13.7. The van der Waals surface area contributed by atoms with Gasteiger partial charge in [0.2, 0.25) is 5.75 Å². The Morgan fingerprint density at radius 1 is 0.829 bits per heavy atom. The second-order valence-corrected chi connectivity index (χ2v) is 9.07. The Kier molecular flexibility index (Phi) is 7.83. The maximum Gasteiger partial charge on any atom is 0.330 e. The van der Waals surface area contributed by atoms with Crippen molar-refractivity contribution in [2.24, 2.45) is 0 Å². The standard InChI is InChI=1S/C33H27FN2O5/c1-39-30-17-23(18-31(40-2)32(30)41-3)28-20-35-33(38)36(28)25-14-15-26(22-10-12-24(34)13-11-22)27(19-25)29(37)16-9-21-7-5-4-6-8-21/h4-20H,1-3H3,(H,35,38)/b16-9+. The summed E-state index contributed by atoms with van der Waals surface area (Å²) in [4.78, 5) is 29.4. The number of H-pyrrole nitrogens is 1. The molecule has 0 fully saturated rings. The lowest BCUT2D eigenvalue weighted by molar-refractivity contribution is 0.104. The summed E-state index contributed by atoms with van der Waals surface area (Å²) in [6, 6.07) is 24.0. The van der Waals surface area contributed by atoms with Gasteiger partial charge in [-0.1, -0.05) is 54.6 Å². The van der Waals surface area contributed by atoms with Crippen molar-refractivity contribution in [2.45, 2.75) is 0 Å². The topological polar surface area (TPSA) is 82.6 Å². The predicted molar refractivity (Wildman–Crippen MR) is 157 cm³/mol. The Labute approximate surface area is 236 Å². The summed E-state index contributed by atoms with van der Waals surface area (Å²) < 4.78 is 31.6. The first-order chi connectivity index (χ1) is 19.9. The van der Waals surface area contributed by atoms with Gasteiger partial charge in [-0.2, -0.15) is 0 Å². The third-order valence-electron chi connectivity index (χ3n) is 6.65. The van der Waals surface area contributed by atoms with Gasteiger partial charge in [-0.3, -0.25) is 9.36 Å². The molecule has 1 aromatic heterocycles. The lowest BCUT2D eigenvalue weighted by Gasteiger charge is -2.16. The number of imidazole rings is 1. The minimum atomic E-state index is -0.401. The number of rotatable bonds is 9. The van der Waals surface area contributed by atoms with Crippen LogP contribution in [-0.2, 0) is 0 Å². The quantitative estimate of drug-likeness (QED) is 0.166. The van der Waals surface area contributed by atoms with Crippen LogP contribution in [0.1, 0.15) is 15.9 Å². The second kappa shape index (κ2) is 11.8. The lowest BCUT2D eigenvalue weighted by Crippen LogP contribution is -2.16. The van der Waals surface area contributed by atoms with Crippen molar-refractivity contribution >= 4 is 11.9 Å². The van der Waals surface area contributed by atoms with E-state index in [1.807, 2.05) is 30.3 Å². The van der Waals surface area contributed by atoms with Gasteiger partial charge in [-0.25, -0.2) is 9.18 Å². The predicted octanol–water partition coefficient (Wildman–Crippen LogP) is 6.56. The molecule has 0 bridgehead atoms. The maximum atomic E-state index is 13.7. The first-order valence-electron chi connectivity index (χ1n) is 12.7. The number of allylic oxidation sites excluding steroid dienone is 1. The van der Waals surface area contributed by atoms with E-state index in [-0.39, 0.29) is 11.6 Å². The van der Waals surface area contributed by atoms with Gasteiger partial charge in [0.1, 0.15) is 5.82 Å². The number of halogens is 1. The number of aromatic nitrogens is 2. The van der Waals surface area contributed by atoms with E-state index in [2.05, 4.69) is 4.98 Å². The van der Waals surface area contributed by atoms with Crippen LogP contribution in [0.2, 0.25) is 0 Å². The van der Waals surface area contributed by atoms with Crippen LogP contribution in [-0.4, -0.2) is 36.7 Å². The van der Waals surface area contributed by atoms with Crippen molar-refractivity contribution in [3.63, 3.8) is 0 Å². The number of ether oxygens (including phenoxy) is 3. The molecule has 7 nitrogen and oxygen atoms in total. The molecule has 0 spiro atoms. The number of hydrogen-bond acceptors (Lipinski definition) is 5. The largest absolute Gasteiger partial charge is 0.493 e. The number of ketones is 1. The molecule has 0 atom stereocenters. The van der Waals surface area contributed by atoms with Crippen LogP contribution >= 0.6 is 0 Å². The van der Waals surface area contributed by atoms with E-state index in [1.54, 1.807) is 54.7 Å². The fraction of sp³-hybridized carbons (Fsp3) is 0.0909. The molecule has 5 aromatic rings. The first-order valence-corrected chi connectivity index (χ1v) is 12.7. The van der Waals surface area contributed by atoms with E-state index in [9.17, 15) is 14.0 Å². The van der Waals surface area contributed by atoms with E-state index in [0.717, 1.165) is 5.56 Å². The molecule has 8 heteroatoms. The molecule has 5 rings (SSSR count). The Hall–Kier alpha value is -5.37. The molecular formula is C33H27FN2O5. The molecule has 0 aliphatic heterocycles. The van der Waals surface area contributed by atoms with Gasteiger partial charge in [0.15, 0.2) is 17.3 Å². The highest BCUT2D eigenvalue weighted by molar-refractivity contribution is 6.11. The minimum Gasteiger partial charge on any atom is -0.493 e. The monoisotopic (exact) mass is 550 g/mol. The third-order valence-corrected chi connectivity index (χ3v) is 6.65. The van der Waals surface area contributed by atoms with Crippen molar-refractivity contribution in [1.29, 1.82) is 0 Å². The van der Waals surface area contributed by atoms with Crippen LogP contribution in [0.3, 0.4) is 0 Å². The average molecular weight is 551 g/mol. The molecule has 0 amide bonds. The third kappa shape index (κ3) is 5.53. The average Bonchev–Trinajstić information content (AvgIpc) is 3.40. The van der Waals surface area contributed by atoms with Crippen LogP contribution in [0.4, 0.5) is 4.39 Å². The highest BCUT2D eigenvalue weighted by Crippen LogP contribution is 2.41. The first kappa shape index (κ1) is 27.2. The Balaban J connectivity index is 1.66. The summed E-state index contributed by atoms with van der Waals surface area (Å²) in [5.41, 5.74) is 3.69. The molecule has 0 saturated carbocycles. The Bertz CT molecular complexity index is 1760. The zero-order valence-electron chi connectivity index (χ0n) is 22.7. The number of methoxy groups -OCH3 is 3. The Morgan fingerprint density at radius 2 is 1.51 bits per heavy atom. The SMILES string of the molecule is COc1cc(-c2c[nH]c(=O)n2-c2ccc(-c3ccc(F)cc3)c(C(=O)/C=C/c3ccccc3)c2)cc(OC)c1OC. The second-order valence-electron chi connectivity index (χ2n) is 9.07. The van der Waals surface area contributed by atoms with Crippen molar-refractivity contribution in [3.05, 3.63) is 125 Å². The normalized spacial score (nSPS) is 11.0. The van der Waals surface area contributed by atoms with Gasteiger partial charge in [0, 0.05) is 17.3 Å². The number of hydrogen-bond donors (Lipinski definition) is 1. The van der Waals surface area contributed by atoms with Crippen LogP contribution in [0, 0.1) is 5.82 Å². The molecule has 41 heavy (non-hydrogen) atoms.